The van der Waals surface area contributed by atoms with Gasteiger partial charge in [0, 0.05) is 42.3 Å². The lowest BCUT2D eigenvalue weighted by atomic mass is 10.0. The predicted octanol–water partition coefficient (Wildman–Crippen LogP) is 3.22. The van der Waals surface area contributed by atoms with Gasteiger partial charge in [-0.15, -0.1) is 0 Å². The van der Waals surface area contributed by atoms with Crippen molar-refractivity contribution in [2.75, 3.05) is 18.4 Å². The van der Waals surface area contributed by atoms with Gasteiger partial charge in [-0.2, -0.15) is 0 Å². The molecule has 1 saturated heterocycles. The van der Waals surface area contributed by atoms with E-state index >= 15 is 0 Å². The normalized spacial score (nSPS) is 17.1. The van der Waals surface area contributed by atoms with Crippen molar-refractivity contribution in [3.05, 3.63) is 62.5 Å². The van der Waals surface area contributed by atoms with Crippen molar-refractivity contribution in [3.8, 4) is 0 Å². The van der Waals surface area contributed by atoms with Crippen LogP contribution < -0.4 is 16.4 Å². The maximum Gasteiger partial charge on any atom is 0.417 e. The van der Waals surface area contributed by atoms with Gasteiger partial charge in [0.2, 0.25) is 0 Å². The lowest BCUT2D eigenvalue weighted by Crippen LogP contribution is -2.54. The number of carbonyl (C=O) groups excluding carboxylic acids is 3. The molecule has 182 valence electrons. The fraction of sp³-hybridized carbons (Fsp3) is 0.333. The first kappa shape index (κ1) is 23.2. The molecule has 1 aromatic heterocycles. The molecule has 11 heteroatoms. The van der Waals surface area contributed by atoms with Crippen LogP contribution >= 0.6 is 15.9 Å². The molecule has 3 aromatic rings. The first-order valence-corrected chi connectivity index (χ1v) is 12.2. The van der Waals surface area contributed by atoms with Crippen LogP contribution in [0.5, 0.6) is 0 Å². The number of urea groups is 2. The van der Waals surface area contributed by atoms with Gasteiger partial charge in [-0.1, -0.05) is 34.1 Å². The Morgan fingerprint density at radius 1 is 1.23 bits per heavy atom. The molecule has 0 aliphatic carbocycles. The lowest BCUT2D eigenvalue weighted by molar-refractivity contribution is -0.109. The SMILES string of the molecule is O=CC(Cc1cc2oc(=O)[nH]c2cc1Br)NC(=O)N1CCC(N2Cc3ccccc3NC2=O)CC1. The second-order valence-electron chi connectivity index (χ2n) is 8.78. The summed E-state index contributed by atoms with van der Waals surface area (Å²) in [6.07, 6.45) is 2.25. The van der Waals surface area contributed by atoms with E-state index in [0.717, 1.165) is 16.8 Å². The minimum atomic E-state index is -0.746. The number of carbonyl (C=O) groups is 3. The lowest BCUT2D eigenvalue weighted by Gasteiger charge is -2.40. The number of H-pyrrole nitrogens is 1. The number of oxazole rings is 1. The molecule has 35 heavy (non-hydrogen) atoms. The highest BCUT2D eigenvalue weighted by Gasteiger charge is 2.33. The summed E-state index contributed by atoms with van der Waals surface area (Å²) in [4.78, 5) is 54.7. The van der Waals surface area contributed by atoms with Crippen LogP contribution in [0.25, 0.3) is 11.1 Å². The van der Waals surface area contributed by atoms with E-state index in [4.69, 9.17) is 4.42 Å². The first-order valence-electron chi connectivity index (χ1n) is 11.4. The second kappa shape index (κ2) is 9.57. The summed E-state index contributed by atoms with van der Waals surface area (Å²) >= 11 is 3.45. The van der Waals surface area contributed by atoms with Crippen molar-refractivity contribution in [1.82, 2.24) is 20.1 Å². The van der Waals surface area contributed by atoms with Crippen LogP contribution in [-0.2, 0) is 17.8 Å². The summed E-state index contributed by atoms with van der Waals surface area (Å²) in [5.74, 6) is -0.557. The van der Waals surface area contributed by atoms with Gasteiger partial charge in [0.25, 0.3) is 0 Å². The number of anilines is 1. The smallest absolute Gasteiger partial charge is 0.408 e. The Balaban J connectivity index is 1.18. The van der Waals surface area contributed by atoms with Crippen LogP contribution in [0.3, 0.4) is 0 Å². The molecule has 0 bridgehead atoms. The Labute approximate surface area is 208 Å². The van der Waals surface area contributed by atoms with E-state index in [2.05, 4.69) is 31.5 Å². The van der Waals surface area contributed by atoms with Crippen molar-refractivity contribution >= 4 is 51.1 Å². The quantitative estimate of drug-likeness (QED) is 0.427. The number of rotatable bonds is 5. The molecule has 2 aliphatic rings. The van der Waals surface area contributed by atoms with Gasteiger partial charge in [-0.3, -0.25) is 4.98 Å². The van der Waals surface area contributed by atoms with Gasteiger partial charge in [-0.25, -0.2) is 14.4 Å². The minimum absolute atomic E-state index is 0.0352. The molecule has 0 spiro atoms. The van der Waals surface area contributed by atoms with E-state index in [1.165, 1.54) is 0 Å². The highest BCUT2D eigenvalue weighted by atomic mass is 79.9. The minimum Gasteiger partial charge on any atom is -0.408 e. The van der Waals surface area contributed by atoms with Crippen molar-refractivity contribution < 1.29 is 18.8 Å². The molecular formula is C24H24BrN5O5. The van der Waals surface area contributed by atoms with Gasteiger partial charge < -0.3 is 29.6 Å². The Kier molecular flexibility index (Phi) is 6.33. The van der Waals surface area contributed by atoms with Crippen LogP contribution in [0, 0.1) is 0 Å². The topological polar surface area (TPSA) is 128 Å². The third kappa shape index (κ3) is 4.81. The molecule has 1 unspecified atom stereocenters. The molecule has 2 aromatic carbocycles. The number of halogens is 1. The molecule has 5 rings (SSSR count). The first-order chi connectivity index (χ1) is 16.9. The summed E-state index contributed by atoms with van der Waals surface area (Å²) in [6, 6.07) is 9.98. The average Bonchev–Trinajstić information content (AvgIpc) is 3.21. The van der Waals surface area contributed by atoms with Crippen LogP contribution in [0.1, 0.15) is 24.0 Å². The number of nitrogens with one attached hydrogen (secondary N) is 3. The molecule has 1 fully saturated rings. The van der Waals surface area contributed by atoms with Crippen molar-refractivity contribution in [3.63, 3.8) is 0 Å². The number of aldehydes is 1. The van der Waals surface area contributed by atoms with Crippen molar-refractivity contribution in [1.29, 1.82) is 0 Å². The van der Waals surface area contributed by atoms with Gasteiger partial charge in [-0.05, 0) is 42.2 Å². The Hall–Kier alpha value is -3.60. The van der Waals surface area contributed by atoms with E-state index in [1.54, 1.807) is 17.0 Å². The van der Waals surface area contributed by atoms with Gasteiger partial charge in [0.05, 0.1) is 11.6 Å². The zero-order valence-electron chi connectivity index (χ0n) is 18.8. The third-order valence-electron chi connectivity index (χ3n) is 6.55. The standard InChI is InChI=1S/C24H24BrN5O5/c25-18-11-20-21(35-24(34)28-20)10-15(18)9-16(13-31)26-22(32)29-7-5-17(6-8-29)30-12-14-3-1-2-4-19(14)27-23(30)33/h1-4,10-11,13,16-17H,5-9,12H2,(H,26,32)(H,27,33)(H,28,34). The number of aromatic amines is 1. The van der Waals surface area contributed by atoms with Crippen molar-refractivity contribution in [2.45, 2.75) is 37.9 Å². The number of nitrogens with zero attached hydrogens (tertiary/aromatic N) is 2. The number of fused-ring (bicyclic) bond motifs is 2. The predicted molar refractivity (Wildman–Crippen MR) is 132 cm³/mol. The molecule has 1 atom stereocenters. The number of hydrogen-bond acceptors (Lipinski definition) is 5. The largest absolute Gasteiger partial charge is 0.417 e. The molecule has 4 amide bonds. The molecule has 3 heterocycles. The highest BCUT2D eigenvalue weighted by molar-refractivity contribution is 9.10. The van der Waals surface area contributed by atoms with E-state index in [1.807, 2.05) is 29.2 Å². The zero-order chi connectivity index (χ0) is 24.5. The Morgan fingerprint density at radius 2 is 2.00 bits per heavy atom. The van der Waals surface area contributed by atoms with Crippen LogP contribution in [0.4, 0.5) is 15.3 Å². The molecule has 3 N–H and O–H groups in total. The molecule has 2 aliphatic heterocycles. The molecule has 10 nitrogen and oxygen atoms in total. The summed E-state index contributed by atoms with van der Waals surface area (Å²) < 4.78 is 5.79. The summed E-state index contributed by atoms with van der Waals surface area (Å²) in [6.45, 7) is 1.52. The number of benzene rings is 2. The number of para-hydroxylation sites is 1. The van der Waals surface area contributed by atoms with Gasteiger partial charge in [0.1, 0.15) is 6.29 Å². The highest BCUT2D eigenvalue weighted by Crippen LogP contribution is 2.28. The van der Waals surface area contributed by atoms with E-state index in [-0.39, 0.29) is 24.5 Å². The fourth-order valence-corrected chi connectivity index (χ4v) is 5.19. The number of amides is 4. The second-order valence-corrected chi connectivity index (χ2v) is 9.64. The molecular weight excluding hydrogens is 518 g/mol. The maximum atomic E-state index is 12.9. The van der Waals surface area contributed by atoms with Crippen LogP contribution in [-0.4, -0.2) is 58.3 Å². The van der Waals surface area contributed by atoms with Gasteiger partial charge >= 0.3 is 17.8 Å². The summed E-state index contributed by atoms with van der Waals surface area (Å²) in [7, 11) is 0. The molecule has 0 saturated carbocycles. The fourth-order valence-electron chi connectivity index (χ4n) is 4.69. The zero-order valence-corrected chi connectivity index (χ0v) is 20.3. The number of aromatic nitrogens is 1. The summed E-state index contributed by atoms with van der Waals surface area (Å²) in [5, 5.41) is 5.73. The van der Waals surface area contributed by atoms with Crippen LogP contribution in [0.2, 0.25) is 0 Å². The van der Waals surface area contributed by atoms with E-state index in [9.17, 15) is 19.2 Å². The Bertz CT molecular complexity index is 1340. The number of likely N-dealkylation sites (tertiary alicyclic amines) is 1. The monoisotopic (exact) mass is 541 g/mol. The number of hydrogen-bond donors (Lipinski definition) is 3. The summed E-state index contributed by atoms with van der Waals surface area (Å²) in [5.41, 5.74) is 3.58. The van der Waals surface area contributed by atoms with Crippen molar-refractivity contribution in [2.24, 2.45) is 0 Å². The van der Waals surface area contributed by atoms with E-state index in [0.29, 0.717) is 54.3 Å². The molecule has 0 radical (unpaired) electrons. The van der Waals surface area contributed by atoms with E-state index < -0.39 is 11.8 Å². The average molecular weight is 542 g/mol. The Morgan fingerprint density at radius 3 is 2.77 bits per heavy atom. The maximum absolute atomic E-state index is 12.9. The van der Waals surface area contributed by atoms with Crippen LogP contribution in [0.15, 0.2) is 50.1 Å². The third-order valence-corrected chi connectivity index (χ3v) is 7.29. The van der Waals surface area contributed by atoms with Gasteiger partial charge in [0.15, 0.2) is 5.58 Å². The number of piperidine rings is 1.